The summed E-state index contributed by atoms with van der Waals surface area (Å²) < 4.78 is 86.1. The molecule has 16 heteroatoms. The topological polar surface area (TPSA) is 138 Å². The Morgan fingerprint density at radius 2 is 0.239 bits per heavy atom. The van der Waals surface area contributed by atoms with E-state index < -0.39 is 7.32 Å². The maximum Gasteiger partial charge on any atom is 0.639 e. The first kappa shape index (κ1) is 87.5. The summed E-state index contributed by atoms with van der Waals surface area (Å²) in [4.78, 5) is 0. The molecule has 0 heterocycles. The van der Waals surface area contributed by atoms with Crippen LogP contribution in [0.1, 0.15) is 290 Å². The SMILES string of the molecule is CCCCCCCCCCCCCCCCOCCOCCOCCOCCOB(OCCOCCOCCOCCOCCCCCCCCCCCCCCCC)OCCOCCOCCOCCOCCCCCCCCCCCCCCCC. The van der Waals surface area contributed by atoms with E-state index in [1.807, 2.05) is 0 Å². The van der Waals surface area contributed by atoms with Gasteiger partial charge in [0.1, 0.15) is 0 Å². The molecule has 15 nitrogen and oxygen atoms in total. The summed E-state index contributed by atoms with van der Waals surface area (Å²) in [6.45, 7) is 20.8. The highest BCUT2D eigenvalue weighted by Crippen LogP contribution is 2.16. The van der Waals surface area contributed by atoms with Gasteiger partial charge in [0, 0.05) is 19.8 Å². The average Bonchev–Trinajstić information content (AvgIpc) is 3.54. The fourth-order valence-corrected chi connectivity index (χ4v) is 10.2. The molecule has 0 amide bonds. The first-order valence-corrected chi connectivity index (χ1v) is 37.6. The van der Waals surface area contributed by atoms with E-state index >= 15 is 0 Å². The van der Waals surface area contributed by atoms with Gasteiger partial charge in [-0.2, -0.15) is 0 Å². The highest BCUT2D eigenvalue weighted by atomic mass is 16.7. The lowest BCUT2D eigenvalue weighted by Crippen LogP contribution is -2.32. The largest absolute Gasteiger partial charge is 0.639 e. The second kappa shape index (κ2) is 84.5. The number of hydrogen-bond donors (Lipinski definition) is 0. The van der Waals surface area contributed by atoms with Gasteiger partial charge in [-0.15, -0.1) is 0 Å². The van der Waals surface area contributed by atoms with Crippen molar-refractivity contribution in [2.45, 2.75) is 290 Å². The molecule has 0 rings (SSSR count). The molecular weight excluding hydrogens is 1120 g/mol. The standard InChI is InChI=1S/C72H147BO15/c1-4-7-10-13-16-19-22-25-28-31-34-37-40-43-46-74-49-52-77-55-58-80-61-64-83-67-70-86-73(87-71-68-84-65-62-81-59-56-78-53-50-75-47-44-41-38-35-32-29-26-23-20-17-14-11-8-5-2)88-72-69-85-66-63-82-60-57-79-54-51-76-48-45-42-39-36-33-30-27-24-21-18-15-12-9-6-3/h4-72H2,1-3H3. The van der Waals surface area contributed by atoms with Gasteiger partial charge >= 0.3 is 7.32 Å². The maximum atomic E-state index is 5.87. The number of unbranched alkanes of at least 4 members (excludes halogenated alkanes) is 39. The second-order valence-electron chi connectivity index (χ2n) is 24.0. The normalized spacial score (nSPS) is 11.8. The molecule has 0 aromatic heterocycles. The van der Waals surface area contributed by atoms with Crippen molar-refractivity contribution in [1.29, 1.82) is 0 Å². The van der Waals surface area contributed by atoms with E-state index in [9.17, 15) is 0 Å². The van der Waals surface area contributed by atoms with E-state index in [1.165, 1.54) is 250 Å². The van der Waals surface area contributed by atoms with Gasteiger partial charge in [-0.25, -0.2) is 0 Å². The minimum Gasteiger partial charge on any atom is -0.383 e. The molecule has 0 saturated carbocycles. The van der Waals surface area contributed by atoms with Crippen LogP contribution in [0.5, 0.6) is 0 Å². The maximum absolute atomic E-state index is 5.87. The minimum absolute atomic E-state index is 0.290. The summed E-state index contributed by atoms with van der Waals surface area (Å²) in [6, 6.07) is 0. The quantitative estimate of drug-likeness (QED) is 0.0421. The van der Waals surface area contributed by atoms with Crippen molar-refractivity contribution in [2.24, 2.45) is 0 Å². The molecular formula is C72H147BO15. The zero-order chi connectivity index (χ0) is 63.0. The van der Waals surface area contributed by atoms with Crippen molar-refractivity contribution < 1.29 is 70.8 Å². The van der Waals surface area contributed by atoms with Gasteiger partial charge in [0.15, 0.2) is 0 Å². The first-order valence-electron chi connectivity index (χ1n) is 37.6. The third-order valence-electron chi connectivity index (χ3n) is 15.7. The molecule has 0 N–H and O–H groups in total. The fourth-order valence-electron chi connectivity index (χ4n) is 10.2. The average molecular weight is 1260 g/mol. The van der Waals surface area contributed by atoms with Gasteiger partial charge in [0.05, 0.1) is 159 Å². The molecule has 0 radical (unpaired) electrons. The lowest BCUT2D eigenvalue weighted by atomic mass is 10.0. The molecule has 0 aromatic carbocycles. The van der Waals surface area contributed by atoms with Crippen LogP contribution in [0, 0.1) is 0 Å². The van der Waals surface area contributed by atoms with Gasteiger partial charge < -0.3 is 70.8 Å². The third kappa shape index (κ3) is 81.6. The van der Waals surface area contributed by atoms with Crippen LogP contribution in [0.4, 0.5) is 0 Å². The monoisotopic (exact) mass is 1260 g/mol. The van der Waals surface area contributed by atoms with E-state index in [0.717, 1.165) is 39.1 Å². The summed E-state index contributed by atoms with van der Waals surface area (Å²) in [6.07, 6.45) is 57.3. The Morgan fingerprint density at radius 3 is 0.386 bits per heavy atom. The molecule has 0 saturated heterocycles. The Kier molecular flexibility index (Phi) is 84.0. The molecule has 0 atom stereocenters. The van der Waals surface area contributed by atoms with Crippen LogP contribution in [-0.2, 0) is 70.8 Å². The summed E-state index contributed by atoms with van der Waals surface area (Å²) in [7, 11) is -0.888. The number of ether oxygens (including phenoxy) is 12. The van der Waals surface area contributed by atoms with E-state index in [-0.39, 0.29) is 19.8 Å². The highest BCUT2D eigenvalue weighted by Gasteiger charge is 2.21. The zero-order valence-electron chi connectivity index (χ0n) is 58.5. The van der Waals surface area contributed by atoms with Gasteiger partial charge in [-0.3, -0.25) is 0 Å². The summed E-state index contributed by atoms with van der Waals surface area (Å²) in [5.74, 6) is 0. The third-order valence-corrected chi connectivity index (χ3v) is 15.7. The van der Waals surface area contributed by atoms with Crippen LogP contribution in [0.3, 0.4) is 0 Å². The highest BCUT2D eigenvalue weighted by molar-refractivity contribution is 6.36. The van der Waals surface area contributed by atoms with Crippen LogP contribution in [0.25, 0.3) is 0 Å². The van der Waals surface area contributed by atoms with Crippen LogP contribution in [0.2, 0.25) is 0 Å². The molecule has 0 bridgehead atoms. The van der Waals surface area contributed by atoms with Gasteiger partial charge in [0.2, 0.25) is 0 Å². The summed E-state index contributed by atoms with van der Waals surface area (Å²) in [5.41, 5.74) is 0. The molecule has 0 aliphatic heterocycles. The van der Waals surface area contributed by atoms with E-state index in [0.29, 0.717) is 139 Å². The van der Waals surface area contributed by atoms with E-state index in [1.54, 1.807) is 0 Å². The van der Waals surface area contributed by atoms with Crippen LogP contribution in [0.15, 0.2) is 0 Å². The Bertz CT molecular complexity index is 1050. The van der Waals surface area contributed by atoms with Crippen molar-refractivity contribution in [2.75, 3.05) is 178 Å². The molecule has 0 aromatic rings. The summed E-state index contributed by atoms with van der Waals surface area (Å²) >= 11 is 0. The van der Waals surface area contributed by atoms with Crippen molar-refractivity contribution in [3.63, 3.8) is 0 Å². The minimum atomic E-state index is -0.888. The molecule has 0 fully saturated rings. The molecule has 528 valence electrons. The molecule has 0 aliphatic carbocycles. The Labute approximate surface area is 544 Å². The van der Waals surface area contributed by atoms with Crippen molar-refractivity contribution in [1.82, 2.24) is 0 Å². The van der Waals surface area contributed by atoms with Crippen molar-refractivity contribution in [3.05, 3.63) is 0 Å². The second-order valence-corrected chi connectivity index (χ2v) is 24.0. The molecule has 0 unspecified atom stereocenters. The van der Waals surface area contributed by atoms with Gasteiger partial charge in [-0.1, -0.05) is 271 Å². The Balaban J connectivity index is 4.00. The Morgan fingerprint density at radius 1 is 0.125 bits per heavy atom. The summed E-state index contributed by atoms with van der Waals surface area (Å²) in [5, 5.41) is 0. The predicted molar refractivity (Wildman–Crippen MR) is 364 cm³/mol. The first-order chi connectivity index (χ1) is 43.8. The zero-order valence-corrected chi connectivity index (χ0v) is 58.5. The smallest absolute Gasteiger partial charge is 0.383 e. The van der Waals surface area contributed by atoms with Crippen LogP contribution < -0.4 is 0 Å². The fraction of sp³-hybridized carbons (Fsp3) is 1.00. The van der Waals surface area contributed by atoms with Gasteiger partial charge in [0.25, 0.3) is 0 Å². The van der Waals surface area contributed by atoms with Crippen molar-refractivity contribution >= 4 is 7.32 Å². The molecule has 0 aliphatic rings. The van der Waals surface area contributed by atoms with Crippen LogP contribution >= 0.6 is 0 Å². The van der Waals surface area contributed by atoms with E-state index in [2.05, 4.69) is 20.8 Å². The lowest BCUT2D eigenvalue weighted by molar-refractivity contribution is -0.0187. The predicted octanol–water partition coefficient (Wildman–Crippen LogP) is 17.7. The van der Waals surface area contributed by atoms with E-state index in [4.69, 9.17) is 70.8 Å². The lowest BCUT2D eigenvalue weighted by Gasteiger charge is -2.15. The van der Waals surface area contributed by atoms with Crippen LogP contribution in [-0.4, -0.2) is 186 Å². The number of hydrogen-bond acceptors (Lipinski definition) is 15. The number of rotatable bonds is 84. The van der Waals surface area contributed by atoms with Crippen molar-refractivity contribution in [3.8, 4) is 0 Å². The Hall–Kier alpha value is -0.535. The van der Waals surface area contributed by atoms with Gasteiger partial charge in [-0.05, 0) is 19.3 Å². The molecule has 0 spiro atoms. The molecule has 88 heavy (non-hydrogen) atoms.